The average Bonchev–Trinajstić information content (AvgIpc) is 3.12. The Balaban J connectivity index is 1.74. The highest BCUT2D eigenvalue weighted by molar-refractivity contribution is 6.32. The summed E-state index contributed by atoms with van der Waals surface area (Å²) in [6.07, 6.45) is 0. The van der Waals surface area contributed by atoms with Gasteiger partial charge in [0.05, 0.1) is 16.4 Å². The molecule has 146 valence electrons. The Morgan fingerprint density at radius 1 is 0.931 bits per heavy atom. The van der Waals surface area contributed by atoms with Gasteiger partial charge in [0, 0.05) is 17.0 Å². The average molecular weight is 404 g/mol. The van der Waals surface area contributed by atoms with Gasteiger partial charge in [-0.15, -0.1) is 0 Å². The zero-order valence-electron chi connectivity index (χ0n) is 16.6. The van der Waals surface area contributed by atoms with Crippen molar-refractivity contribution < 1.29 is 4.79 Å². The van der Waals surface area contributed by atoms with E-state index in [1.807, 2.05) is 72.8 Å². The maximum Gasteiger partial charge on any atom is 0.256 e. The predicted octanol–water partition coefficient (Wildman–Crippen LogP) is 6.23. The third kappa shape index (κ3) is 3.89. The van der Waals surface area contributed by atoms with E-state index >= 15 is 0 Å². The fraction of sp³-hybridized carbons (Fsp3) is 0.167. The molecule has 1 N–H and O–H groups in total. The summed E-state index contributed by atoms with van der Waals surface area (Å²) in [5, 5.41) is 10.4. The monoisotopic (exact) mass is 403 g/mol. The van der Waals surface area contributed by atoms with Crippen LogP contribution in [-0.4, -0.2) is 15.7 Å². The lowest BCUT2D eigenvalue weighted by Gasteiger charge is -2.14. The van der Waals surface area contributed by atoms with Gasteiger partial charge in [-0.05, 0) is 35.0 Å². The standard InChI is InChI=1S/C24H22ClN3O/c1-24(2,3)21-15-22(28(27-21)20-11-7-6-10-19(20)25)26-23(29)18-13-12-16-8-4-5-9-17(16)14-18/h4-15H,1-3H3,(H,26,29). The lowest BCUT2D eigenvalue weighted by molar-refractivity contribution is 0.102. The Bertz CT molecular complexity index is 1200. The van der Waals surface area contributed by atoms with Crippen LogP contribution in [0.5, 0.6) is 0 Å². The molecule has 1 aromatic heterocycles. The molecule has 0 aliphatic heterocycles. The van der Waals surface area contributed by atoms with Crippen LogP contribution in [0.3, 0.4) is 0 Å². The van der Waals surface area contributed by atoms with E-state index in [0.29, 0.717) is 16.4 Å². The van der Waals surface area contributed by atoms with Crippen LogP contribution in [0.15, 0.2) is 72.8 Å². The molecule has 1 heterocycles. The number of para-hydroxylation sites is 1. The second-order valence-corrected chi connectivity index (χ2v) is 8.45. The molecule has 0 fully saturated rings. The van der Waals surface area contributed by atoms with Gasteiger partial charge in [-0.25, -0.2) is 4.68 Å². The van der Waals surface area contributed by atoms with Gasteiger partial charge >= 0.3 is 0 Å². The smallest absolute Gasteiger partial charge is 0.256 e. The number of aromatic nitrogens is 2. The van der Waals surface area contributed by atoms with Crippen LogP contribution in [0.1, 0.15) is 36.8 Å². The number of halogens is 1. The molecule has 0 unspecified atom stereocenters. The molecule has 4 aromatic rings. The Morgan fingerprint density at radius 2 is 1.62 bits per heavy atom. The molecule has 5 heteroatoms. The first-order valence-electron chi connectivity index (χ1n) is 9.48. The summed E-state index contributed by atoms with van der Waals surface area (Å²) in [6, 6.07) is 23.0. The number of benzene rings is 3. The summed E-state index contributed by atoms with van der Waals surface area (Å²) in [4.78, 5) is 13.0. The Hall–Kier alpha value is -3.11. The molecule has 0 atom stereocenters. The van der Waals surface area contributed by atoms with E-state index in [4.69, 9.17) is 16.7 Å². The van der Waals surface area contributed by atoms with Gasteiger partial charge in [0.1, 0.15) is 5.82 Å². The fourth-order valence-electron chi connectivity index (χ4n) is 3.16. The minimum atomic E-state index is -0.190. The van der Waals surface area contributed by atoms with Gasteiger partial charge in [0.25, 0.3) is 5.91 Å². The van der Waals surface area contributed by atoms with Crippen molar-refractivity contribution in [3.05, 3.63) is 89.1 Å². The van der Waals surface area contributed by atoms with Crippen LogP contribution in [0.4, 0.5) is 5.82 Å². The first-order valence-corrected chi connectivity index (χ1v) is 9.86. The largest absolute Gasteiger partial charge is 0.306 e. The molecule has 4 nitrogen and oxygen atoms in total. The number of amides is 1. The van der Waals surface area contributed by atoms with E-state index in [1.54, 1.807) is 4.68 Å². The molecule has 4 rings (SSSR count). The highest BCUT2D eigenvalue weighted by Gasteiger charge is 2.22. The van der Waals surface area contributed by atoms with Gasteiger partial charge in [-0.3, -0.25) is 4.79 Å². The third-order valence-electron chi connectivity index (χ3n) is 4.81. The summed E-state index contributed by atoms with van der Waals surface area (Å²) in [6.45, 7) is 6.25. The van der Waals surface area contributed by atoms with Crippen molar-refractivity contribution in [2.45, 2.75) is 26.2 Å². The number of nitrogens with zero attached hydrogens (tertiary/aromatic N) is 2. The number of hydrogen-bond donors (Lipinski definition) is 1. The van der Waals surface area contributed by atoms with Crippen molar-refractivity contribution >= 4 is 34.1 Å². The highest BCUT2D eigenvalue weighted by Crippen LogP contribution is 2.29. The SMILES string of the molecule is CC(C)(C)c1cc(NC(=O)c2ccc3ccccc3c2)n(-c2ccccc2Cl)n1. The minimum absolute atomic E-state index is 0.172. The van der Waals surface area contributed by atoms with Crippen LogP contribution in [-0.2, 0) is 5.41 Å². The molecule has 0 bridgehead atoms. The van der Waals surface area contributed by atoms with Gasteiger partial charge in [0.15, 0.2) is 0 Å². The molecule has 0 aliphatic rings. The van der Waals surface area contributed by atoms with Crippen LogP contribution in [0, 0.1) is 0 Å². The quantitative estimate of drug-likeness (QED) is 0.440. The molecule has 0 spiro atoms. The first kappa shape index (κ1) is 19.2. The summed E-state index contributed by atoms with van der Waals surface area (Å²) < 4.78 is 1.70. The molecular formula is C24H22ClN3O. The second kappa shape index (κ2) is 7.37. The second-order valence-electron chi connectivity index (χ2n) is 8.04. The summed E-state index contributed by atoms with van der Waals surface area (Å²) in [7, 11) is 0. The summed E-state index contributed by atoms with van der Waals surface area (Å²) >= 11 is 6.40. The maximum absolute atomic E-state index is 13.0. The number of carbonyl (C=O) groups is 1. The highest BCUT2D eigenvalue weighted by atomic mass is 35.5. The Labute approximate surface area is 175 Å². The lowest BCUT2D eigenvalue weighted by atomic mass is 9.92. The predicted molar refractivity (Wildman–Crippen MR) is 119 cm³/mol. The molecule has 0 saturated heterocycles. The molecule has 0 aliphatic carbocycles. The number of fused-ring (bicyclic) bond motifs is 1. The van der Waals surface area contributed by atoms with Crippen molar-refractivity contribution in [1.82, 2.24) is 9.78 Å². The van der Waals surface area contributed by atoms with Crippen molar-refractivity contribution in [2.24, 2.45) is 0 Å². The molecule has 3 aromatic carbocycles. The van der Waals surface area contributed by atoms with Gasteiger partial charge in [-0.1, -0.05) is 74.8 Å². The minimum Gasteiger partial charge on any atom is -0.306 e. The van der Waals surface area contributed by atoms with Gasteiger partial charge < -0.3 is 5.32 Å². The van der Waals surface area contributed by atoms with E-state index in [1.165, 1.54) is 0 Å². The van der Waals surface area contributed by atoms with Crippen LogP contribution >= 0.6 is 11.6 Å². The molecule has 0 radical (unpaired) electrons. The Kier molecular flexibility index (Phi) is 4.89. The van der Waals surface area contributed by atoms with Gasteiger partial charge in [-0.2, -0.15) is 5.10 Å². The molecule has 29 heavy (non-hydrogen) atoms. The number of hydrogen-bond acceptors (Lipinski definition) is 2. The number of nitrogens with one attached hydrogen (secondary N) is 1. The number of carbonyl (C=O) groups excluding carboxylic acids is 1. The van der Waals surface area contributed by atoms with Crippen LogP contribution in [0.25, 0.3) is 16.5 Å². The summed E-state index contributed by atoms with van der Waals surface area (Å²) in [5.74, 6) is 0.394. The number of anilines is 1. The van der Waals surface area contributed by atoms with Crippen molar-refractivity contribution in [2.75, 3.05) is 5.32 Å². The van der Waals surface area contributed by atoms with Gasteiger partial charge in [0.2, 0.25) is 0 Å². The molecule has 0 saturated carbocycles. The topological polar surface area (TPSA) is 46.9 Å². The normalized spacial score (nSPS) is 11.6. The molecule has 1 amide bonds. The maximum atomic E-state index is 13.0. The van der Waals surface area contributed by atoms with E-state index < -0.39 is 0 Å². The number of rotatable bonds is 3. The van der Waals surface area contributed by atoms with Crippen LogP contribution < -0.4 is 5.32 Å². The molecular weight excluding hydrogens is 382 g/mol. The zero-order valence-corrected chi connectivity index (χ0v) is 17.4. The van der Waals surface area contributed by atoms with E-state index in [-0.39, 0.29) is 11.3 Å². The Morgan fingerprint density at radius 3 is 2.34 bits per heavy atom. The first-order chi connectivity index (χ1) is 13.8. The van der Waals surface area contributed by atoms with E-state index in [9.17, 15) is 4.79 Å². The van der Waals surface area contributed by atoms with E-state index in [0.717, 1.165) is 22.2 Å². The van der Waals surface area contributed by atoms with Crippen molar-refractivity contribution in [3.63, 3.8) is 0 Å². The fourth-order valence-corrected chi connectivity index (χ4v) is 3.38. The van der Waals surface area contributed by atoms with Crippen LogP contribution in [0.2, 0.25) is 5.02 Å². The third-order valence-corrected chi connectivity index (χ3v) is 5.13. The van der Waals surface area contributed by atoms with E-state index in [2.05, 4.69) is 26.1 Å². The van der Waals surface area contributed by atoms with Crippen molar-refractivity contribution in [3.8, 4) is 5.69 Å². The lowest BCUT2D eigenvalue weighted by Crippen LogP contribution is -2.15. The summed E-state index contributed by atoms with van der Waals surface area (Å²) in [5.41, 5.74) is 2.01. The zero-order chi connectivity index (χ0) is 20.6. The van der Waals surface area contributed by atoms with Crippen molar-refractivity contribution in [1.29, 1.82) is 0 Å².